The molecule has 1 aliphatic rings. The molecule has 1 aliphatic carbocycles. The van der Waals surface area contributed by atoms with Crippen LogP contribution in [-0.4, -0.2) is 34.8 Å². The van der Waals surface area contributed by atoms with Gasteiger partial charge in [0.1, 0.15) is 0 Å². The number of hydrogen-bond acceptors (Lipinski definition) is 4. The average molecular weight is 307 g/mol. The molecule has 7 nitrogen and oxygen atoms in total. The Kier molecular flexibility index (Phi) is 5.71. The van der Waals surface area contributed by atoms with Crippen molar-refractivity contribution >= 4 is 11.7 Å². The number of hydrogen-bond donors (Lipinski definition) is 3. The van der Waals surface area contributed by atoms with Crippen LogP contribution in [0.25, 0.3) is 0 Å². The Morgan fingerprint density at radius 3 is 2.77 bits per heavy atom. The zero-order chi connectivity index (χ0) is 15.9. The summed E-state index contributed by atoms with van der Waals surface area (Å²) in [6.45, 7) is 0.305. The number of nitro benzene ring substituents is 1. The number of nitrogens with one attached hydrogen (secondary N) is 2. The second-order valence-corrected chi connectivity index (χ2v) is 5.49. The van der Waals surface area contributed by atoms with Gasteiger partial charge in [0.2, 0.25) is 0 Å². The topological polar surface area (TPSA) is 104 Å². The quantitative estimate of drug-likeness (QED) is 0.569. The van der Waals surface area contributed by atoms with Gasteiger partial charge in [-0.25, -0.2) is 4.79 Å². The molecular formula is C15H21N3O4. The van der Waals surface area contributed by atoms with Crippen LogP contribution >= 0.6 is 0 Å². The summed E-state index contributed by atoms with van der Waals surface area (Å²) in [6.07, 6.45) is 3.36. The number of rotatable bonds is 5. The number of carbonyl (C=O) groups is 1. The number of aliphatic hydroxyl groups excluding tert-OH is 1. The fourth-order valence-corrected chi connectivity index (χ4v) is 2.71. The van der Waals surface area contributed by atoms with Crippen LogP contribution in [0.15, 0.2) is 24.3 Å². The van der Waals surface area contributed by atoms with Crippen molar-refractivity contribution < 1.29 is 14.8 Å². The van der Waals surface area contributed by atoms with Crippen LogP contribution in [0.2, 0.25) is 0 Å². The van der Waals surface area contributed by atoms with Gasteiger partial charge in [-0.1, -0.05) is 31.0 Å². The summed E-state index contributed by atoms with van der Waals surface area (Å²) in [6, 6.07) is 5.94. The molecule has 2 rings (SSSR count). The van der Waals surface area contributed by atoms with Gasteiger partial charge in [0.15, 0.2) is 0 Å². The van der Waals surface area contributed by atoms with Crippen molar-refractivity contribution in [3.05, 3.63) is 39.9 Å². The highest BCUT2D eigenvalue weighted by molar-refractivity contribution is 5.74. The lowest BCUT2D eigenvalue weighted by Gasteiger charge is -2.28. The number of urea groups is 1. The summed E-state index contributed by atoms with van der Waals surface area (Å²) in [5.41, 5.74) is 0.651. The molecule has 0 aliphatic heterocycles. The van der Waals surface area contributed by atoms with Crippen molar-refractivity contribution in [1.29, 1.82) is 0 Å². The summed E-state index contributed by atoms with van der Waals surface area (Å²) >= 11 is 0. The summed E-state index contributed by atoms with van der Waals surface area (Å²) < 4.78 is 0. The fraction of sp³-hybridized carbons (Fsp3) is 0.533. The number of amides is 2. The van der Waals surface area contributed by atoms with E-state index in [1.807, 2.05) is 0 Å². The van der Waals surface area contributed by atoms with Gasteiger partial charge in [0.05, 0.1) is 17.1 Å². The summed E-state index contributed by atoms with van der Waals surface area (Å²) in [7, 11) is 0. The highest BCUT2D eigenvalue weighted by Gasteiger charge is 2.24. The van der Waals surface area contributed by atoms with Crippen LogP contribution in [-0.2, 0) is 6.42 Å². The van der Waals surface area contributed by atoms with E-state index >= 15 is 0 Å². The van der Waals surface area contributed by atoms with E-state index < -0.39 is 11.0 Å². The van der Waals surface area contributed by atoms with E-state index in [9.17, 15) is 20.0 Å². The van der Waals surface area contributed by atoms with Crippen molar-refractivity contribution in [1.82, 2.24) is 10.6 Å². The number of nitrogens with zero attached hydrogens (tertiary/aromatic N) is 1. The first kappa shape index (κ1) is 16.2. The summed E-state index contributed by atoms with van der Waals surface area (Å²) in [5.74, 6) is 0. The molecular weight excluding hydrogens is 286 g/mol. The first-order chi connectivity index (χ1) is 10.6. The van der Waals surface area contributed by atoms with Crippen LogP contribution in [0.4, 0.5) is 10.5 Å². The third kappa shape index (κ3) is 4.42. The Bertz CT molecular complexity index is 535. The van der Waals surface area contributed by atoms with Gasteiger partial charge in [0, 0.05) is 18.2 Å². The maximum atomic E-state index is 11.8. The molecule has 3 N–H and O–H groups in total. The van der Waals surface area contributed by atoms with E-state index in [1.54, 1.807) is 18.2 Å². The maximum Gasteiger partial charge on any atom is 0.315 e. The molecule has 0 unspecified atom stereocenters. The normalized spacial score (nSPS) is 21.1. The van der Waals surface area contributed by atoms with Crippen molar-refractivity contribution in [3.8, 4) is 0 Å². The van der Waals surface area contributed by atoms with E-state index in [1.165, 1.54) is 6.07 Å². The molecule has 0 radical (unpaired) electrons. The van der Waals surface area contributed by atoms with Gasteiger partial charge < -0.3 is 15.7 Å². The van der Waals surface area contributed by atoms with Gasteiger partial charge >= 0.3 is 6.03 Å². The third-order valence-corrected chi connectivity index (χ3v) is 3.91. The standard InChI is InChI=1S/C15H21N3O4/c19-14-8-4-2-6-12(14)17-15(20)16-10-9-11-5-1-3-7-13(11)18(21)22/h1,3,5,7,12,14,19H,2,4,6,8-10H2,(H2,16,17,20)/t12-,14-/m1/s1. The molecule has 1 saturated carbocycles. The highest BCUT2D eigenvalue weighted by Crippen LogP contribution is 2.19. The van der Waals surface area contributed by atoms with E-state index in [2.05, 4.69) is 10.6 Å². The number of aliphatic hydroxyl groups is 1. The molecule has 0 bridgehead atoms. The lowest BCUT2D eigenvalue weighted by molar-refractivity contribution is -0.385. The van der Waals surface area contributed by atoms with Crippen LogP contribution in [0.5, 0.6) is 0 Å². The van der Waals surface area contributed by atoms with Gasteiger partial charge in [-0.2, -0.15) is 0 Å². The zero-order valence-electron chi connectivity index (χ0n) is 12.3. The van der Waals surface area contributed by atoms with E-state index in [0.29, 0.717) is 24.9 Å². The molecule has 0 spiro atoms. The van der Waals surface area contributed by atoms with Crippen molar-refractivity contribution in [3.63, 3.8) is 0 Å². The van der Waals surface area contributed by atoms with E-state index in [0.717, 1.165) is 19.3 Å². The van der Waals surface area contributed by atoms with Gasteiger partial charge in [-0.05, 0) is 19.3 Å². The highest BCUT2D eigenvalue weighted by atomic mass is 16.6. The summed E-state index contributed by atoms with van der Waals surface area (Å²) in [4.78, 5) is 22.3. The number of para-hydroxylation sites is 1. The first-order valence-corrected chi connectivity index (χ1v) is 7.52. The average Bonchev–Trinajstić information content (AvgIpc) is 2.50. The van der Waals surface area contributed by atoms with Crippen LogP contribution in [0, 0.1) is 10.1 Å². The Hall–Kier alpha value is -2.15. The maximum absolute atomic E-state index is 11.8. The Labute approximate surface area is 128 Å². The lowest BCUT2D eigenvalue weighted by Crippen LogP contribution is -2.49. The van der Waals surface area contributed by atoms with Crippen molar-refractivity contribution in [2.24, 2.45) is 0 Å². The molecule has 0 heterocycles. The zero-order valence-corrected chi connectivity index (χ0v) is 12.3. The van der Waals surface area contributed by atoms with Crippen LogP contribution in [0.3, 0.4) is 0 Å². The van der Waals surface area contributed by atoms with Gasteiger partial charge in [0.25, 0.3) is 5.69 Å². The number of benzene rings is 1. The van der Waals surface area contributed by atoms with Crippen molar-refractivity contribution in [2.45, 2.75) is 44.2 Å². The monoisotopic (exact) mass is 307 g/mol. The molecule has 2 atom stereocenters. The number of nitro groups is 1. The molecule has 7 heteroatoms. The number of carbonyl (C=O) groups excluding carboxylic acids is 1. The second kappa shape index (κ2) is 7.74. The minimum Gasteiger partial charge on any atom is -0.391 e. The Morgan fingerprint density at radius 1 is 1.32 bits per heavy atom. The predicted octanol–water partition coefficient (Wildman–Crippen LogP) is 1.74. The second-order valence-electron chi connectivity index (χ2n) is 5.49. The minimum absolute atomic E-state index is 0.0624. The molecule has 1 aromatic rings. The molecule has 22 heavy (non-hydrogen) atoms. The van der Waals surface area contributed by atoms with Crippen LogP contribution in [0.1, 0.15) is 31.2 Å². The first-order valence-electron chi connectivity index (χ1n) is 7.52. The fourth-order valence-electron chi connectivity index (χ4n) is 2.71. The predicted molar refractivity (Wildman–Crippen MR) is 81.6 cm³/mol. The van der Waals surface area contributed by atoms with Gasteiger partial charge in [-0.15, -0.1) is 0 Å². The molecule has 0 saturated heterocycles. The molecule has 2 amide bonds. The third-order valence-electron chi connectivity index (χ3n) is 3.91. The van der Waals surface area contributed by atoms with E-state index in [-0.39, 0.29) is 17.8 Å². The lowest BCUT2D eigenvalue weighted by atomic mass is 9.93. The van der Waals surface area contributed by atoms with E-state index in [4.69, 9.17) is 0 Å². The Morgan fingerprint density at radius 2 is 2.05 bits per heavy atom. The molecule has 0 aromatic heterocycles. The Balaban J connectivity index is 1.78. The smallest absolute Gasteiger partial charge is 0.315 e. The molecule has 1 fully saturated rings. The molecule has 1 aromatic carbocycles. The van der Waals surface area contributed by atoms with Gasteiger partial charge in [-0.3, -0.25) is 10.1 Å². The molecule has 120 valence electrons. The SMILES string of the molecule is O=C(NCCc1ccccc1[N+](=O)[O-])N[C@@H]1CCCC[C@H]1O. The summed E-state index contributed by atoms with van der Waals surface area (Å²) in [5, 5.41) is 26.1. The van der Waals surface area contributed by atoms with Crippen molar-refractivity contribution in [2.75, 3.05) is 6.54 Å². The van der Waals surface area contributed by atoms with Crippen LogP contribution < -0.4 is 10.6 Å². The minimum atomic E-state index is -0.491. The largest absolute Gasteiger partial charge is 0.391 e.